The van der Waals surface area contributed by atoms with Crippen LogP contribution in [-0.2, 0) is 4.79 Å². The second-order valence-electron chi connectivity index (χ2n) is 7.31. The summed E-state index contributed by atoms with van der Waals surface area (Å²) in [6.07, 6.45) is 7.31. The van der Waals surface area contributed by atoms with E-state index in [1.54, 1.807) is 6.20 Å². The summed E-state index contributed by atoms with van der Waals surface area (Å²) < 4.78 is 0. The highest BCUT2D eigenvalue weighted by atomic mass is 35.5. The van der Waals surface area contributed by atoms with Gasteiger partial charge in [-0.2, -0.15) is 5.10 Å². The Bertz CT molecular complexity index is 730. The normalized spacial score (nSPS) is 29.1. The van der Waals surface area contributed by atoms with Crippen LogP contribution in [0.3, 0.4) is 0 Å². The Balaban J connectivity index is 0.00000169. The van der Waals surface area contributed by atoms with Crippen molar-refractivity contribution < 1.29 is 4.79 Å². The molecule has 1 aromatic carbocycles. The number of halogens is 1. The SMILES string of the molecule is Cc1cc2cn[nH]c2cc1NC(=O)C1CC2CCCC(C1)C2N.Cl. The number of nitrogens with one attached hydrogen (secondary N) is 2. The monoisotopic (exact) mass is 348 g/mol. The molecule has 0 saturated heterocycles. The van der Waals surface area contributed by atoms with E-state index in [4.69, 9.17) is 5.73 Å². The molecule has 2 unspecified atom stereocenters. The molecule has 24 heavy (non-hydrogen) atoms. The third-order valence-corrected chi connectivity index (χ3v) is 5.83. The lowest BCUT2D eigenvalue weighted by Crippen LogP contribution is -2.48. The van der Waals surface area contributed by atoms with Gasteiger partial charge in [-0.1, -0.05) is 6.42 Å². The lowest BCUT2D eigenvalue weighted by molar-refractivity contribution is -0.122. The zero-order valence-corrected chi connectivity index (χ0v) is 14.7. The predicted molar refractivity (Wildman–Crippen MR) is 98.2 cm³/mol. The first kappa shape index (κ1) is 17.2. The topological polar surface area (TPSA) is 83.8 Å². The minimum atomic E-state index is 0. The van der Waals surface area contributed by atoms with Gasteiger partial charge >= 0.3 is 0 Å². The second-order valence-corrected chi connectivity index (χ2v) is 7.31. The minimum Gasteiger partial charge on any atom is -0.327 e. The number of amides is 1. The van der Waals surface area contributed by atoms with Gasteiger partial charge in [0, 0.05) is 23.0 Å². The van der Waals surface area contributed by atoms with Crippen LogP contribution in [0.4, 0.5) is 5.69 Å². The molecule has 4 rings (SSSR count). The number of hydrogen-bond acceptors (Lipinski definition) is 3. The van der Waals surface area contributed by atoms with Crippen LogP contribution >= 0.6 is 12.4 Å². The van der Waals surface area contributed by atoms with Crippen molar-refractivity contribution in [1.29, 1.82) is 0 Å². The van der Waals surface area contributed by atoms with Crippen LogP contribution in [0.15, 0.2) is 18.3 Å². The highest BCUT2D eigenvalue weighted by Gasteiger charge is 2.40. The van der Waals surface area contributed by atoms with Gasteiger partial charge in [-0.15, -0.1) is 12.4 Å². The maximum Gasteiger partial charge on any atom is 0.227 e. The van der Waals surface area contributed by atoms with Crippen LogP contribution in [0.25, 0.3) is 10.9 Å². The van der Waals surface area contributed by atoms with Crippen molar-refractivity contribution in [3.63, 3.8) is 0 Å². The third kappa shape index (κ3) is 3.03. The van der Waals surface area contributed by atoms with E-state index in [-0.39, 0.29) is 24.2 Å². The van der Waals surface area contributed by atoms with E-state index in [1.807, 2.05) is 13.0 Å². The zero-order valence-electron chi connectivity index (χ0n) is 13.9. The van der Waals surface area contributed by atoms with E-state index < -0.39 is 0 Å². The number of anilines is 1. The fourth-order valence-corrected chi connectivity index (χ4v) is 4.48. The molecule has 1 heterocycles. The summed E-state index contributed by atoms with van der Waals surface area (Å²) in [6, 6.07) is 4.33. The number of carbonyl (C=O) groups excluding carboxylic acids is 1. The van der Waals surface area contributed by atoms with Crippen LogP contribution in [0, 0.1) is 24.7 Å². The number of aryl methyl sites for hydroxylation is 1. The van der Waals surface area contributed by atoms with Gasteiger partial charge in [0.05, 0.1) is 11.7 Å². The van der Waals surface area contributed by atoms with Crippen LogP contribution < -0.4 is 11.1 Å². The smallest absolute Gasteiger partial charge is 0.227 e. The summed E-state index contributed by atoms with van der Waals surface area (Å²) in [5.74, 6) is 1.29. The van der Waals surface area contributed by atoms with Crippen LogP contribution in [0.2, 0.25) is 0 Å². The van der Waals surface area contributed by atoms with Crippen molar-refractivity contribution in [2.45, 2.75) is 45.1 Å². The maximum atomic E-state index is 12.8. The van der Waals surface area contributed by atoms with Crippen molar-refractivity contribution in [2.24, 2.45) is 23.5 Å². The zero-order chi connectivity index (χ0) is 16.0. The summed E-state index contributed by atoms with van der Waals surface area (Å²) in [5.41, 5.74) is 9.23. The molecule has 0 spiro atoms. The molecule has 2 atom stereocenters. The Morgan fingerprint density at radius 2 is 2.00 bits per heavy atom. The van der Waals surface area contributed by atoms with E-state index >= 15 is 0 Å². The molecular weight excluding hydrogens is 324 g/mol. The molecule has 6 heteroatoms. The largest absolute Gasteiger partial charge is 0.327 e. The first-order chi connectivity index (χ1) is 11.1. The molecule has 2 aliphatic rings. The van der Waals surface area contributed by atoms with Gasteiger partial charge in [-0.05, 0) is 62.1 Å². The van der Waals surface area contributed by atoms with Crippen LogP contribution in [-0.4, -0.2) is 22.1 Å². The number of aromatic nitrogens is 2. The molecular formula is C18H25ClN4O. The van der Waals surface area contributed by atoms with Gasteiger partial charge in [0.15, 0.2) is 0 Å². The quantitative estimate of drug-likeness (QED) is 0.777. The number of benzene rings is 1. The van der Waals surface area contributed by atoms with E-state index in [0.717, 1.165) is 35.0 Å². The molecule has 4 N–H and O–H groups in total. The lowest BCUT2D eigenvalue weighted by Gasteiger charge is -2.43. The Morgan fingerprint density at radius 3 is 2.71 bits per heavy atom. The van der Waals surface area contributed by atoms with Crippen LogP contribution in [0.1, 0.15) is 37.7 Å². The van der Waals surface area contributed by atoms with Gasteiger partial charge in [0.1, 0.15) is 0 Å². The van der Waals surface area contributed by atoms with Gasteiger partial charge in [0.25, 0.3) is 0 Å². The first-order valence-corrected chi connectivity index (χ1v) is 8.62. The summed E-state index contributed by atoms with van der Waals surface area (Å²) in [4.78, 5) is 12.8. The van der Waals surface area contributed by atoms with Gasteiger partial charge < -0.3 is 11.1 Å². The highest BCUT2D eigenvalue weighted by Crippen LogP contribution is 2.42. The number of rotatable bonds is 2. The molecule has 2 aliphatic carbocycles. The summed E-state index contributed by atoms with van der Waals surface area (Å²) in [5, 5.41) is 11.2. The molecule has 2 bridgehead atoms. The van der Waals surface area contributed by atoms with Gasteiger partial charge in [0.2, 0.25) is 5.91 Å². The fraction of sp³-hybridized carbons (Fsp3) is 0.556. The number of nitrogens with two attached hydrogens (primary N) is 1. The average Bonchev–Trinajstić information content (AvgIpc) is 2.94. The molecule has 130 valence electrons. The van der Waals surface area contributed by atoms with Gasteiger partial charge in [-0.3, -0.25) is 9.89 Å². The number of carbonyl (C=O) groups is 1. The van der Waals surface area contributed by atoms with Crippen molar-refractivity contribution in [1.82, 2.24) is 10.2 Å². The minimum absolute atomic E-state index is 0. The molecule has 2 saturated carbocycles. The van der Waals surface area contributed by atoms with E-state index in [0.29, 0.717) is 17.9 Å². The number of H-pyrrole nitrogens is 1. The van der Waals surface area contributed by atoms with Crippen molar-refractivity contribution in [3.05, 3.63) is 23.9 Å². The van der Waals surface area contributed by atoms with Crippen molar-refractivity contribution in [2.75, 3.05) is 5.32 Å². The van der Waals surface area contributed by atoms with E-state index in [2.05, 4.69) is 21.6 Å². The standard InChI is InChI=1S/C18H24N4O.ClH/c1-10-5-14-9-20-22-16(14)8-15(10)21-18(23)13-6-11-3-2-4-12(7-13)17(11)19;/h5,8-9,11-13,17H,2-4,6-7,19H2,1H3,(H,20,22)(H,21,23);1H. The molecule has 1 amide bonds. The fourth-order valence-electron chi connectivity index (χ4n) is 4.48. The van der Waals surface area contributed by atoms with Crippen molar-refractivity contribution >= 4 is 34.9 Å². The average molecular weight is 349 g/mol. The van der Waals surface area contributed by atoms with Crippen LogP contribution in [0.5, 0.6) is 0 Å². The second kappa shape index (κ2) is 6.73. The number of nitrogens with zero attached hydrogens (tertiary/aromatic N) is 1. The van der Waals surface area contributed by atoms with Crippen molar-refractivity contribution in [3.8, 4) is 0 Å². The predicted octanol–water partition coefficient (Wildman–Crippen LogP) is 3.39. The Morgan fingerprint density at radius 1 is 1.29 bits per heavy atom. The summed E-state index contributed by atoms with van der Waals surface area (Å²) in [6.45, 7) is 2.02. The maximum absolute atomic E-state index is 12.8. The lowest BCUT2D eigenvalue weighted by atomic mass is 9.65. The first-order valence-electron chi connectivity index (χ1n) is 8.62. The van der Waals surface area contributed by atoms with E-state index in [9.17, 15) is 4.79 Å². The Kier molecular flexibility index (Phi) is 4.83. The number of hydrogen-bond donors (Lipinski definition) is 3. The molecule has 0 radical (unpaired) electrons. The third-order valence-electron chi connectivity index (χ3n) is 5.83. The molecule has 5 nitrogen and oxygen atoms in total. The summed E-state index contributed by atoms with van der Waals surface area (Å²) >= 11 is 0. The van der Waals surface area contributed by atoms with E-state index in [1.165, 1.54) is 19.3 Å². The number of fused-ring (bicyclic) bond motifs is 3. The number of aromatic amines is 1. The molecule has 2 fully saturated rings. The molecule has 1 aromatic heterocycles. The Labute approximate surface area is 148 Å². The van der Waals surface area contributed by atoms with Gasteiger partial charge in [-0.25, -0.2) is 0 Å². The Hall–Kier alpha value is -1.59. The summed E-state index contributed by atoms with van der Waals surface area (Å²) in [7, 11) is 0. The highest BCUT2D eigenvalue weighted by molar-refractivity contribution is 5.96. The molecule has 0 aliphatic heterocycles. The molecule has 2 aromatic rings.